The Kier molecular flexibility index (Phi) is 8.81. The van der Waals surface area contributed by atoms with Crippen LogP contribution in [0.25, 0.3) is 22.3 Å². The molecule has 0 saturated carbocycles. The predicted octanol–water partition coefficient (Wildman–Crippen LogP) is 5.63. The number of carbonyl (C=O) groups is 2. The summed E-state index contributed by atoms with van der Waals surface area (Å²) in [5, 5.41) is 16.8. The first-order valence-electron chi connectivity index (χ1n) is 14.7. The van der Waals surface area contributed by atoms with Gasteiger partial charge in [-0.05, 0) is 52.6 Å². The fourth-order valence-electron chi connectivity index (χ4n) is 5.81. The Morgan fingerprint density at radius 1 is 0.977 bits per heavy atom. The second-order valence-corrected chi connectivity index (χ2v) is 10.9. The largest absolute Gasteiger partial charge is 0.480 e. The number of alkyl carbamates (subject to hydrolysis) is 1. The Morgan fingerprint density at radius 3 is 2.37 bits per heavy atom. The van der Waals surface area contributed by atoms with Crippen molar-refractivity contribution in [3.63, 3.8) is 0 Å². The Labute approximate surface area is 250 Å². The first-order chi connectivity index (χ1) is 21.0. The smallest absolute Gasteiger partial charge is 0.407 e. The lowest BCUT2D eigenvalue weighted by Gasteiger charge is -2.22. The average Bonchev–Trinajstić information content (AvgIpc) is 3.63. The van der Waals surface area contributed by atoms with Gasteiger partial charge < -0.3 is 24.6 Å². The van der Waals surface area contributed by atoms with Crippen LogP contribution < -0.4 is 5.32 Å². The van der Waals surface area contributed by atoms with Gasteiger partial charge >= 0.3 is 12.1 Å². The number of fused-ring (bicyclic) bond motifs is 3. The fourth-order valence-corrected chi connectivity index (χ4v) is 5.81. The van der Waals surface area contributed by atoms with Gasteiger partial charge in [0.2, 0.25) is 0 Å². The Morgan fingerprint density at radius 2 is 1.70 bits per heavy atom. The molecule has 3 aromatic carbocycles. The van der Waals surface area contributed by atoms with Crippen LogP contribution in [-0.4, -0.2) is 59.1 Å². The molecule has 1 amide bonds. The van der Waals surface area contributed by atoms with Crippen LogP contribution in [0.2, 0.25) is 0 Å². The number of aliphatic carboxylic acids is 1. The summed E-state index contributed by atoms with van der Waals surface area (Å²) < 4.78 is 18.8. The average molecular weight is 582 g/mol. The number of carboxylic acid groups (broad SMARTS) is 1. The molecule has 2 aliphatic rings. The highest BCUT2D eigenvalue weighted by molar-refractivity contribution is 5.81. The van der Waals surface area contributed by atoms with Gasteiger partial charge in [-0.2, -0.15) is 5.10 Å². The summed E-state index contributed by atoms with van der Waals surface area (Å²) in [5.41, 5.74) is 7.15. The van der Waals surface area contributed by atoms with Gasteiger partial charge in [-0.1, -0.05) is 72.8 Å². The number of hydrogen-bond donors (Lipinski definition) is 2. The molecule has 1 fully saturated rings. The van der Waals surface area contributed by atoms with Crippen LogP contribution in [0, 0.1) is 0 Å². The molecule has 2 N–H and O–H groups in total. The highest BCUT2D eigenvalue weighted by Crippen LogP contribution is 2.44. The summed E-state index contributed by atoms with van der Waals surface area (Å²) >= 11 is 0. The minimum Gasteiger partial charge on any atom is -0.480 e. The molecule has 6 rings (SSSR count). The number of rotatable bonds is 11. The Balaban J connectivity index is 1.01. The highest BCUT2D eigenvalue weighted by Gasteiger charge is 2.30. The van der Waals surface area contributed by atoms with E-state index in [9.17, 15) is 14.7 Å². The van der Waals surface area contributed by atoms with Crippen molar-refractivity contribution in [1.82, 2.24) is 15.1 Å². The van der Waals surface area contributed by atoms with Crippen LogP contribution in [0.1, 0.15) is 41.9 Å². The standard InChI is InChI=1S/C34H35N3O6/c38-33(39)31(36-34(40)43-22-30-28-9-3-1-7-26(28)27-8-2-4-10-29(27)30)19-23-12-14-24(15-13-23)25-20-35-37(21-25)16-18-42-32-11-5-6-17-41-32/h1-4,7-10,12-15,20-21,30-32H,5-6,11,16-19,22H2,(H,36,40)(H,38,39)/t31-,32?/m0/s1. The van der Waals surface area contributed by atoms with Gasteiger partial charge in [0.1, 0.15) is 12.6 Å². The van der Waals surface area contributed by atoms with E-state index in [0.29, 0.717) is 13.2 Å². The van der Waals surface area contributed by atoms with Crippen molar-refractivity contribution in [2.75, 3.05) is 19.8 Å². The summed E-state index contributed by atoms with van der Waals surface area (Å²) in [6.07, 6.45) is 6.16. The van der Waals surface area contributed by atoms with Gasteiger partial charge in [0.15, 0.2) is 6.29 Å². The van der Waals surface area contributed by atoms with Crippen LogP contribution in [-0.2, 0) is 32.0 Å². The molecule has 9 nitrogen and oxygen atoms in total. The zero-order chi connectivity index (χ0) is 29.6. The molecule has 9 heteroatoms. The maximum absolute atomic E-state index is 12.7. The lowest BCUT2D eigenvalue weighted by Crippen LogP contribution is -2.42. The third-order valence-corrected chi connectivity index (χ3v) is 8.06. The minimum atomic E-state index is -1.13. The maximum Gasteiger partial charge on any atom is 0.407 e. The van der Waals surface area contributed by atoms with E-state index in [1.54, 1.807) is 6.20 Å². The molecule has 0 bridgehead atoms. The molecule has 1 aromatic heterocycles. The third kappa shape index (κ3) is 6.79. The van der Waals surface area contributed by atoms with Crippen molar-refractivity contribution in [2.45, 2.75) is 50.5 Å². The number of carbonyl (C=O) groups excluding carboxylic acids is 1. The molecule has 1 unspecified atom stereocenters. The molecule has 2 heterocycles. The van der Waals surface area contributed by atoms with E-state index in [1.165, 1.54) is 0 Å². The van der Waals surface area contributed by atoms with Crippen LogP contribution >= 0.6 is 0 Å². The number of nitrogens with zero attached hydrogens (tertiary/aromatic N) is 2. The molecule has 1 aliphatic heterocycles. The SMILES string of the molecule is O=C(N[C@@H](Cc1ccc(-c2cnn(CCOC3CCCCO3)c2)cc1)C(=O)O)OCC1c2ccccc2-c2ccccc21. The van der Waals surface area contributed by atoms with E-state index in [-0.39, 0.29) is 25.2 Å². The van der Waals surface area contributed by atoms with E-state index in [2.05, 4.69) is 22.5 Å². The summed E-state index contributed by atoms with van der Waals surface area (Å²) in [6, 6.07) is 22.6. The van der Waals surface area contributed by atoms with E-state index in [1.807, 2.05) is 71.5 Å². The topological polar surface area (TPSA) is 112 Å². The monoisotopic (exact) mass is 581 g/mol. The van der Waals surface area contributed by atoms with Crippen molar-refractivity contribution < 1.29 is 28.9 Å². The van der Waals surface area contributed by atoms with Gasteiger partial charge in [0.25, 0.3) is 0 Å². The van der Waals surface area contributed by atoms with Crippen LogP contribution in [0.4, 0.5) is 4.79 Å². The zero-order valence-electron chi connectivity index (χ0n) is 23.9. The number of carboxylic acids is 1. The van der Waals surface area contributed by atoms with Crippen molar-refractivity contribution in [2.24, 2.45) is 0 Å². The number of nitrogens with one attached hydrogen (secondary N) is 1. The second kappa shape index (κ2) is 13.2. The van der Waals surface area contributed by atoms with Gasteiger partial charge in [0.05, 0.1) is 19.3 Å². The van der Waals surface area contributed by atoms with Gasteiger partial charge in [0, 0.05) is 30.7 Å². The minimum absolute atomic E-state index is 0.100. The summed E-state index contributed by atoms with van der Waals surface area (Å²) in [4.78, 5) is 24.7. The predicted molar refractivity (Wildman–Crippen MR) is 161 cm³/mol. The van der Waals surface area contributed by atoms with Crippen molar-refractivity contribution in [3.05, 3.63) is 102 Å². The number of benzene rings is 3. The summed E-state index contributed by atoms with van der Waals surface area (Å²) in [5.74, 6) is -1.23. The molecular formula is C34H35N3O6. The normalized spacial score (nSPS) is 16.7. The van der Waals surface area contributed by atoms with E-state index in [0.717, 1.165) is 64.8 Å². The molecule has 4 aromatic rings. The Bertz CT molecular complexity index is 1510. The summed E-state index contributed by atoms with van der Waals surface area (Å²) in [6.45, 7) is 2.03. The molecule has 2 atom stereocenters. The van der Waals surface area contributed by atoms with Crippen molar-refractivity contribution in [1.29, 1.82) is 0 Å². The quantitative estimate of drug-likeness (QED) is 0.236. The van der Waals surface area contributed by atoms with Crippen molar-refractivity contribution in [3.8, 4) is 22.3 Å². The Hall–Kier alpha value is -4.47. The van der Waals surface area contributed by atoms with Gasteiger partial charge in [-0.15, -0.1) is 0 Å². The fraction of sp³-hybridized carbons (Fsp3) is 0.324. The van der Waals surface area contributed by atoms with Crippen LogP contribution in [0.5, 0.6) is 0 Å². The maximum atomic E-state index is 12.7. The summed E-state index contributed by atoms with van der Waals surface area (Å²) in [7, 11) is 0. The zero-order valence-corrected chi connectivity index (χ0v) is 23.9. The number of amides is 1. The molecule has 43 heavy (non-hydrogen) atoms. The molecule has 1 saturated heterocycles. The molecule has 0 spiro atoms. The van der Waals surface area contributed by atoms with Crippen LogP contribution in [0.15, 0.2) is 85.2 Å². The highest BCUT2D eigenvalue weighted by atomic mass is 16.7. The van der Waals surface area contributed by atoms with Gasteiger partial charge in [-0.25, -0.2) is 9.59 Å². The van der Waals surface area contributed by atoms with Crippen molar-refractivity contribution >= 4 is 12.1 Å². The third-order valence-electron chi connectivity index (χ3n) is 8.06. The lowest BCUT2D eigenvalue weighted by molar-refractivity contribution is -0.163. The molecule has 1 aliphatic carbocycles. The van der Waals surface area contributed by atoms with Crippen LogP contribution in [0.3, 0.4) is 0 Å². The first kappa shape index (κ1) is 28.6. The molecule has 222 valence electrons. The van der Waals surface area contributed by atoms with E-state index in [4.69, 9.17) is 14.2 Å². The van der Waals surface area contributed by atoms with Gasteiger partial charge in [-0.3, -0.25) is 4.68 Å². The number of aromatic nitrogens is 2. The molecule has 0 radical (unpaired) electrons. The van der Waals surface area contributed by atoms with E-state index >= 15 is 0 Å². The number of ether oxygens (including phenoxy) is 3. The first-order valence-corrected chi connectivity index (χ1v) is 14.7. The van der Waals surface area contributed by atoms with E-state index < -0.39 is 18.1 Å². The second-order valence-electron chi connectivity index (χ2n) is 10.9. The lowest BCUT2D eigenvalue weighted by atomic mass is 9.98. The molecular weight excluding hydrogens is 546 g/mol. The number of hydrogen-bond acceptors (Lipinski definition) is 6.